The van der Waals surface area contributed by atoms with Gasteiger partial charge in [-0.1, -0.05) is 25.4 Å². The number of nitrogens with zero attached hydrogens (tertiary/aromatic N) is 3. The molecule has 2 aromatic rings. The highest BCUT2D eigenvalue weighted by atomic mass is 35.5. The van der Waals surface area contributed by atoms with Crippen molar-refractivity contribution in [3.05, 3.63) is 35.9 Å². The van der Waals surface area contributed by atoms with E-state index < -0.39 is 0 Å². The third-order valence-corrected chi connectivity index (χ3v) is 3.41. The predicted molar refractivity (Wildman–Crippen MR) is 82.4 cm³/mol. The zero-order valence-corrected chi connectivity index (χ0v) is 12.7. The molecule has 0 spiro atoms. The molecule has 1 aromatic carbocycles. The molecule has 0 saturated heterocycles. The highest BCUT2D eigenvalue weighted by Crippen LogP contribution is 2.24. The molecule has 1 unspecified atom stereocenters. The molecule has 0 aliphatic heterocycles. The van der Waals surface area contributed by atoms with Gasteiger partial charge in [0.1, 0.15) is 12.7 Å². The Morgan fingerprint density at radius 3 is 2.86 bits per heavy atom. The van der Waals surface area contributed by atoms with Crippen molar-refractivity contribution in [1.82, 2.24) is 14.8 Å². The van der Waals surface area contributed by atoms with Crippen molar-refractivity contribution >= 4 is 23.2 Å². The summed E-state index contributed by atoms with van der Waals surface area (Å²) in [4.78, 5) is 16.0. The van der Waals surface area contributed by atoms with Gasteiger partial charge in [0.2, 0.25) is 5.91 Å². The Bertz CT molecular complexity index is 612. The Labute approximate surface area is 128 Å². The van der Waals surface area contributed by atoms with Crippen LogP contribution in [0.25, 0.3) is 5.69 Å². The van der Waals surface area contributed by atoms with Crippen molar-refractivity contribution in [2.75, 3.05) is 5.32 Å². The number of nitrogens with one attached hydrogen (secondary N) is 1. The fourth-order valence-corrected chi connectivity index (χ4v) is 1.96. The van der Waals surface area contributed by atoms with Gasteiger partial charge < -0.3 is 11.1 Å². The Hall–Kier alpha value is -1.92. The van der Waals surface area contributed by atoms with Crippen LogP contribution in [0.4, 0.5) is 5.69 Å². The Balaban J connectivity index is 2.19. The topological polar surface area (TPSA) is 85.8 Å². The number of rotatable bonds is 5. The highest BCUT2D eigenvalue weighted by molar-refractivity contribution is 6.31. The number of nitrogens with two attached hydrogens (primary N) is 1. The zero-order chi connectivity index (χ0) is 15.4. The molecule has 1 heterocycles. The van der Waals surface area contributed by atoms with Crippen molar-refractivity contribution < 1.29 is 4.79 Å². The largest absolute Gasteiger partial charge is 0.327 e. The second-order valence-corrected chi connectivity index (χ2v) is 5.60. The SMILES string of the molecule is CC(C)C(N)CC(=O)Nc1cc(Cl)ccc1-n1cncn1. The fraction of sp³-hybridized carbons (Fsp3) is 0.357. The average Bonchev–Trinajstić information content (AvgIpc) is 2.92. The Morgan fingerprint density at radius 1 is 1.48 bits per heavy atom. The number of anilines is 1. The lowest BCUT2D eigenvalue weighted by Gasteiger charge is -2.16. The fourth-order valence-electron chi connectivity index (χ4n) is 1.79. The van der Waals surface area contributed by atoms with E-state index in [1.165, 1.54) is 6.33 Å². The van der Waals surface area contributed by atoms with Gasteiger partial charge in [-0.05, 0) is 24.1 Å². The van der Waals surface area contributed by atoms with Crippen LogP contribution in [0.15, 0.2) is 30.9 Å². The molecular formula is C14H18ClN5O. The van der Waals surface area contributed by atoms with Crippen LogP contribution in [0.2, 0.25) is 5.02 Å². The molecule has 1 atom stereocenters. The van der Waals surface area contributed by atoms with Gasteiger partial charge in [0.15, 0.2) is 0 Å². The summed E-state index contributed by atoms with van der Waals surface area (Å²) in [6.07, 6.45) is 3.23. The Morgan fingerprint density at radius 2 is 2.24 bits per heavy atom. The van der Waals surface area contributed by atoms with Gasteiger partial charge in [0.05, 0.1) is 11.4 Å². The molecule has 7 heteroatoms. The first-order valence-electron chi connectivity index (χ1n) is 6.67. The maximum Gasteiger partial charge on any atom is 0.226 e. The number of carbonyl (C=O) groups excluding carboxylic acids is 1. The molecular weight excluding hydrogens is 290 g/mol. The number of carbonyl (C=O) groups is 1. The minimum atomic E-state index is -0.181. The van der Waals surface area contributed by atoms with Gasteiger partial charge in [-0.25, -0.2) is 9.67 Å². The maximum absolute atomic E-state index is 12.1. The minimum Gasteiger partial charge on any atom is -0.327 e. The third-order valence-electron chi connectivity index (χ3n) is 3.18. The predicted octanol–water partition coefficient (Wildman–Crippen LogP) is 2.23. The van der Waals surface area contributed by atoms with Gasteiger partial charge >= 0.3 is 0 Å². The summed E-state index contributed by atoms with van der Waals surface area (Å²) in [5, 5.41) is 7.42. The van der Waals surface area contributed by atoms with Crippen molar-refractivity contribution in [3.8, 4) is 5.69 Å². The van der Waals surface area contributed by atoms with Crippen LogP contribution in [0.1, 0.15) is 20.3 Å². The second-order valence-electron chi connectivity index (χ2n) is 5.16. The van der Waals surface area contributed by atoms with E-state index in [9.17, 15) is 4.79 Å². The van der Waals surface area contributed by atoms with E-state index in [1.54, 1.807) is 29.2 Å². The summed E-state index contributed by atoms with van der Waals surface area (Å²) < 4.78 is 1.56. The standard InChI is InChI=1S/C14H18ClN5O/c1-9(2)11(16)6-14(21)19-12-5-10(15)3-4-13(12)20-8-17-7-18-20/h3-5,7-9,11H,6,16H2,1-2H3,(H,19,21). The molecule has 0 aliphatic rings. The molecule has 6 nitrogen and oxygen atoms in total. The number of benzene rings is 1. The number of aromatic nitrogens is 3. The van der Waals surface area contributed by atoms with Crippen LogP contribution in [0.5, 0.6) is 0 Å². The van der Waals surface area contributed by atoms with E-state index >= 15 is 0 Å². The minimum absolute atomic E-state index is 0.153. The summed E-state index contributed by atoms with van der Waals surface area (Å²) in [6.45, 7) is 3.97. The van der Waals surface area contributed by atoms with Crippen molar-refractivity contribution in [2.24, 2.45) is 11.7 Å². The highest BCUT2D eigenvalue weighted by Gasteiger charge is 2.15. The van der Waals surface area contributed by atoms with Gasteiger partial charge in [0.25, 0.3) is 0 Å². The lowest BCUT2D eigenvalue weighted by atomic mass is 10.0. The number of amides is 1. The van der Waals surface area contributed by atoms with E-state index in [0.717, 1.165) is 0 Å². The third kappa shape index (κ3) is 4.03. The molecule has 0 saturated carbocycles. The summed E-state index contributed by atoms with van der Waals surface area (Å²) in [5.41, 5.74) is 7.19. The smallest absolute Gasteiger partial charge is 0.226 e. The van der Waals surface area contributed by atoms with Crippen LogP contribution in [0.3, 0.4) is 0 Å². The number of hydrogen-bond donors (Lipinski definition) is 2. The van der Waals surface area contributed by atoms with E-state index in [-0.39, 0.29) is 24.3 Å². The molecule has 21 heavy (non-hydrogen) atoms. The zero-order valence-electron chi connectivity index (χ0n) is 12.0. The van der Waals surface area contributed by atoms with Crippen LogP contribution in [0, 0.1) is 5.92 Å². The molecule has 1 amide bonds. The van der Waals surface area contributed by atoms with E-state index in [1.807, 2.05) is 13.8 Å². The number of halogens is 1. The number of hydrogen-bond acceptors (Lipinski definition) is 4. The molecule has 0 radical (unpaired) electrons. The van der Waals surface area contributed by atoms with E-state index in [0.29, 0.717) is 16.4 Å². The van der Waals surface area contributed by atoms with Crippen molar-refractivity contribution in [1.29, 1.82) is 0 Å². The van der Waals surface area contributed by atoms with Gasteiger partial charge in [-0.2, -0.15) is 5.10 Å². The average molecular weight is 308 g/mol. The van der Waals surface area contributed by atoms with E-state index in [4.69, 9.17) is 17.3 Å². The van der Waals surface area contributed by atoms with Gasteiger partial charge in [-0.15, -0.1) is 0 Å². The molecule has 0 bridgehead atoms. The first-order valence-corrected chi connectivity index (χ1v) is 7.05. The van der Waals surface area contributed by atoms with Crippen LogP contribution < -0.4 is 11.1 Å². The van der Waals surface area contributed by atoms with Crippen molar-refractivity contribution in [2.45, 2.75) is 26.3 Å². The van der Waals surface area contributed by atoms with Gasteiger partial charge in [0, 0.05) is 17.5 Å². The quantitative estimate of drug-likeness (QED) is 0.887. The molecule has 0 aliphatic carbocycles. The summed E-state index contributed by atoms with van der Waals surface area (Å²) in [7, 11) is 0. The summed E-state index contributed by atoms with van der Waals surface area (Å²) in [5.74, 6) is 0.0877. The maximum atomic E-state index is 12.1. The van der Waals surface area contributed by atoms with Crippen molar-refractivity contribution in [3.63, 3.8) is 0 Å². The van der Waals surface area contributed by atoms with Crippen LogP contribution in [-0.4, -0.2) is 26.7 Å². The first kappa shape index (κ1) is 15.5. The molecule has 3 N–H and O–H groups in total. The molecule has 1 aromatic heterocycles. The van der Waals surface area contributed by atoms with Crippen LogP contribution >= 0.6 is 11.6 Å². The normalized spacial score (nSPS) is 12.4. The van der Waals surface area contributed by atoms with Crippen LogP contribution in [-0.2, 0) is 4.79 Å². The molecule has 112 valence electrons. The lowest BCUT2D eigenvalue weighted by Crippen LogP contribution is -2.31. The van der Waals surface area contributed by atoms with Gasteiger partial charge in [-0.3, -0.25) is 4.79 Å². The first-order chi connectivity index (χ1) is 9.97. The molecule has 0 fully saturated rings. The lowest BCUT2D eigenvalue weighted by molar-refractivity contribution is -0.116. The van der Waals surface area contributed by atoms with E-state index in [2.05, 4.69) is 15.4 Å². The monoisotopic (exact) mass is 307 g/mol. The summed E-state index contributed by atoms with van der Waals surface area (Å²) in [6, 6.07) is 5.00. The second kappa shape index (κ2) is 6.69. The molecule has 2 rings (SSSR count). The summed E-state index contributed by atoms with van der Waals surface area (Å²) >= 11 is 6.00. The Kier molecular flexibility index (Phi) is 4.93.